The van der Waals surface area contributed by atoms with Crippen molar-refractivity contribution >= 4 is 33.8 Å². The first-order valence-corrected chi connectivity index (χ1v) is 6.67. The zero-order valence-corrected chi connectivity index (χ0v) is 11.6. The Hall–Kier alpha value is -1.46. The number of halogens is 1. The van der Waals surface area contributed by atoms with Crippen LogP contribution < -0.4 is 14.8 Å². The average molecular weight is 285 g/mol. The lowest BCUT2D eigenvalue weighted by Gasteiger charge is -2.09. The van der Waals surface area contributed by atoms with Gasteiger partial charge in [0.05, 0.1) is 25.8 Å². The summed E-state index contributed by atoms with van der Waals surface area (Å²) in [7, 11) is 3.22. The summed E-state index contributed by atoms with van der Waals surface area (Å²) < 4.78 is 10.4. The smallest absolute Gasteiger partial charge is 0.187 e. The van der Waals surface area contributed by atoms with Gasteiger partial charge in [0.2, 0.25) is 0 Å². The minimum atomic E-state index is 0.421. The Morgan fingerprint density at radius 2 is 2.06 bits per heavy atom. The van der Waals surface area contributed by atoms with E-state index in [9.17, 15) is 0 Å². The van der Waals surface area contributed by atoms with Gasteiger partial charge in [0.25, 0.3) is 0 Å². The number of ether oxygens (including phenoxy) is 2. The van der Waals surface area contributed by atoms with Crippen LogP contribution in [0.5, 0.6) is 11.5 Å². The number of nitrogens with zero attached hydrogens (tertiary/aromatic N) is 1. The second kappa shape index (κ2) is 5.93. The van der Waals surface area contributed by atoms with E-state index in [1.54, 1.807) is 14.2 Å². The maximum absolute atomic E-state index is 5.71. The molecule has 2 aromatic rings. The molecule has 0 fully saturated rings. The van der Waals surface area contributed by atoms with Crippen LogP contribution in [0.2, 0.25) is 0 Å². The number of rotatable bonds is 5. The second-order valence-corrected chi connectivity index (χ2v) is 4.60. The van der Waals surface area contributed by atoms with Gasteiger partial charge in [-0.3, -0.25) is 0 Å². The van der Waals surface area contributed by atoms with Crippen LogP contribution in [-0.2, 0) is 5.88 Å². The molecule has 0 radical (unpaired) electrons. The number of methoxy groups -OCH3 is 2. The van der Waals surface area contributed by atoms with Crippen LogP contribution in [0, 0.1) is 0 Å². The highest BCUT2D eigenvalue weighted by molar-refractivity contribution is 7.13. The number of alkyl halides is 1. The summed E-state index contributed by atoms with van der Waals surface area (Å²) in [6, 6.07) is 5.61. The highest BCUT2D eigenvalue weighted by Gasteiger charge is 2.06. The molecular formula is C12H13ClN2O2S. The first kappa shape index (κ1) is 13.0. The molecule has 96 valence electrons. The van der Waals surface area contributed by atoms with E-state index in [0.29, 0.717) is 17.4 Å². The van der Waals surface area contributed by atoms with Crippen molar-refractivity contribution in [2.75, 3.05) is 19.5 Å². The lowest BCUT2D eigenvalue weighted by Crippen LogP contribution is -1.94. The molecule has 0 amide bonds. The molecule has 1 aromatic carbocycles. The van der Waals surface area contributed by atoms with Crippen molar-refractivity contribution in [2.45, 2.75) is 5.88 Å². The van der Waals surface area contributed by atoms with Crippen molar-refractivity contribution in [3.8, 4) is 11.5 Å². The van der Waals surface area contributed by atoms with Crippen molar-refractivity contribution in [1.29, 1.82) is 0 Å². The minimum absolute atomic E-state index is 0.421. The standard InChI is InChI=1S/C12H13ClN2O2S/c1-16-10-4-3-8(5-11(10)17-2)14-12-15-9(6-13)7-18-12/h3-5,7H,6H2,1-2H3,(H,14,15). The van der Waals surface area contributed by atoms with E-state index in [4.69, 9.17) is 21.1 Å². The highest BCUT2D eigenvalue weighted by atomic mass is 35.5. The van der Waals surface area contributed by atoms with Crippen LogP contribution in [0.1, 0.15) is 5.69 Å². The van der Waals surface area contributed by atoms with Crippen LogP contribution in [0.25, 0.3) is 0 Å². The molecular weight excluding hydrogens is 272 g/mol. The van der Waals surface area contributed by atoms with Crippen LogP contribution >= 0.6 is 22.9 Å². The molecule has 2 rings (SSSR count). The number of nitrogens with one attached hydrogen (secondary N) is 1. The molecule has 0 bridgehead atoms. The molecule has 0 unspecified atom stereocenters. The van der Waals surface area contributed by atoms with Crippen molar-refractivity contribution in [2.24, 2.45) is 0 Å². The first-order chi connectivity index (χ1) is 8.76. The van der Waals surface area contributed by atoms with E-state index >= 15 is 0 Å². The fourth-order valence-corrected chi connectivity index (χ4v) is 2.42. The van der Waals surface area contributed by atoms with Crippen molar-refractivity contribution in [3.63, 3.8) is 0 Å². The zero-order chi connectivity index (χ0) is 13.0. The Labute approximate surface area is 115 Å². The van der Waals surface area contributed by atoms with E-state index in [1.165, 1.54) is 11.3 Å². The quantitative estimate of drug-likeness (QED) is 0.851. The molecule has 18 heavy (non-hydrogen) atoms. The SMILES string of the molecule is COc1ccc(Nc2nc(CCl)cs2)cc1OC. The van der Waals surface area contributed by atoms with E-state index < -0.39 is 0 Å². The predicted molar refractivity (Wildman–Crippen MR) is 74.5 cm³/mol. The van der Waals surface area contributed by atoms with Gasteiger partial charge in [-0.15, -0.1) is 22.9 Å². The number of thiazole rings is 1. The van der Waals surface area contributed by atoms with Gasteiger partial charge in [-0.1, -0.05) is 0 Å². The number of hydrogen-bond acceptors (Lipinski definition) is 5. The maximum Gasteiger partial charge on any atom is 0.187 e. The van der Waals surface area contributed by atoms with Gasteiger partial charge in [-0.25, -0.2) is 4.98 Å². The molecule has 0 aliphatic heterocycles. The van der Waals surface area contributed by atoms with Gasteiger partial charge < -0.3 is 14.8 Å². The lowest BCUT2D eigenvalue weighted by atomic mass is 10.3. The fraction of sp³-hybridized carbons (Fsp3) is 0.250. The summed E-state index contributed by atoms with van der Waals surface area (Å²) in [4.78, 5) is 4.33. The maximum atomic E-state index is 5.71. The van der Waals surface area contributed by atoms with Gasteiger partial charge in [0, 0.05) is 17.1 Å². The highest BCUT2D eigenvalue weighted by Crippen LogP contribution is 2.31. The molecule has 0 saturated carbocycles. The molecule has 1 heterocycles. The van der Waals surface area contributed by atoms with Gasteiger partial charge in [0.1, 0.15) is 0 Å². The minimum Gasteiger partial charge on any atom is -0.493 e. The Kier molecular flexibility index (Phi) is 4.28. The second-order valence-electron chi connectivity index (χ2n) is 3.47. The summed E-state index contributed by atoms with van der Waals surface area (Å²) in [6.45, 7) is 0. The van der Waals surface area contributed by atoms with Gasteiger partial charge in [-0.2, -0.15) is 0 Å². The molecule has 0 spiro atoms. The number of hydrogen-bond donors (Lipinski definition) is 1. The third-order valence-corrected chi connectivity index (χ3v) is 3.40. The monoisotopic (exact) mass is 284 g/mol. The topological polar surface area (TPSA) is 43.4 Å². The van der Waals surface area contributed by atoms with Crippen molar-refractivity contribution in [3.05, 3.63) is 29.3 Å². The summed E-state index contributed by atoms with van der Waals surface area (Å²) in [5.74, 6) is 1.80. The first-order valence-electron chi connectivity index (χ1n) is 5.26. The third kappa shape index (κ3) is 2.86. The van der Waals surface area contributed by atoms with E-state index in [2.05, 4.69) is 10.3 Å². The number of anilines is 2. The zero-order valence-electron chi connectivity index (χ0n) is 10.1. The Morgan fingerprint density at radius 1 is 1.28 bits per heavy atom. The largest absolute Gasteiger partial charge is 0.493 e. The molecule has 1 aromatic heterocycles. The molecule has 0 aliphatic rings. The molecule has 0 atom stereocenters. The van der Waals surface area contributed by atoms with Gasteiger partial charge in [0.15, 0.2) is 16.6 Å². The Balaban J connectivity index is 2.18. The normalized spacial score (nSPS) is 10.2. The van der Waals surface area contributed by atoms with Crippen LogP contribution in [0.15, 0.2) is 23.6 Å². The van der Waals surface area contributed by atoms with Crippen molar-refractivity contribution in [1.82, 2.24) is 4.98 Å². The summed E-state index contributed by atoms with van der Waals surface area (Å²) in [5, 5.41) is 5.93. The molecule has 6 heteroatoms. The lowest BCUT2D eigenvalue weighted by molar-refractivity contribution is 0.355. The van der Waals surface area contributed by atoms with E-state index in [1.807, 2.05) is 23.6 Å². The van der Waals surface area contributed by atoms with E-state index in [0.717, 1.165) is 16.5 Å². The number of aromatic nitrogens is 1. The predicted octanol–water partition coefficient (Wildman–Crippen LogP) is 3.64. The Bertz CT molecular complexity index is 531. The van der Waals surface area contributed by atoms with Gasteiger partial charge in [-0.05, 0) is 12.1 Å². The average Bonchev–Trinajstić information content (AvgIpc) is 2.86. The number of benzene rings is 1. The molecule has 4 nitrogen and oxygen atoms in total. The summed E-state index contributed by atoms with van der Waals surface area (Å²) in [6.07, 6.45) is 0. The molecule has 0 saturated heterocycles. The van der Waals surface area contributed by atoms with Gasteiger partial charge >= 0.3 is 0 Å². The summed E-state index contributed by atoms with van der Waals surface area (Å²) >= 11 is 7.22. The van der Waals surface area contributed by atoms with Crippen molar-refractivity contribution < 1.29 is 9.47 Å². The molecule has 1 N–H and O–H groups in total. The third-order valence-electron chi connectivity index (χ3n) is 2.32. The van der Waals surface area contributed by atoms with Crippen LogP contribution in [-0.4, -0.2) is 19.2 Å². The molecule has 0 aliphatic carbocycles. The summed E-state index contributed by atoms with van der Waals surface area (Å²) in [5.41, 5.74) is 1.76. The van der Waals surface area contributed by atoms with Crippen LogP contribution in [0.4, 0.5) is 10.8 Å². The Morgan fingerprint density at radius 3 is 2.67 bits per heavy atom. The van der Waals surface area contributed by atoms with E-state index in [-0.39, 0.29) is 0 Å². The van der Waals surface area contributed by atoms with Crippen LogP contribution in [0.3, 0.4) is 0 Å². The fourth-order valence-electron chi connectivity index (χ4n) is 1.46.